The lowest BCUT2D eigenvalue weighted by Gasteiger charge is -2.17. The fourth-order valence-corrected chi connectivity index (χ4v) is 1.84. The molecule has 0 aromatic heterocycles. The van der Waals surface area contributed by atoms with Gasteiger partial charge in [-0.25, -0.2) is 0 Å². The Morgan fingerprint density at radius 1 is 1.44 bits per heavy atom. The molecular weight excluding hydrogens is 222 g/mol. The SMILES string of the molecule is CCC(C)CC(N)c1ccc(Cl)c(OC)c1. The average Bonchev–Trinajstić information content (AvgIpc) is 2.29. The number of halogens is 1. The molecule has 2 unspecified atom stereocenters. The van der Waals surface area contributed by atoms with Gasteiger partial charge in [-0.1, -0.05) is 37.9 Å². The molecule has 16 heavy (non-hydrogen) atoms. The van der Waals surface area contributed by atoms with E-state index in [0.29, 0.717) is 16.7 Å². The first-order valence-electron chi connectivity index (χ1n) is 5.67. The van der Waals surface area contributed by atoms with Crippen LogP contribution >= 0.6 is 11.6 Å². The highest BCUT2D eigenvalue weighted by molar-refractivity contribution is 6.32. The summed E-state index contributed by atoms with van der Waals surface area (Å²) in [5, 5.41) is 0.627. The first kappa shape index (κ1) is 13.3. The highest BCUT2D eigenvalue weighted by Crippen LogP contribution is 2.29. The van der Waals surface area contributed by atoms with Crippen LogP contribution in [0.5, 0.6) is 5.75 Å². The molecule has 0 heterocycles. The van der Waals surface area contributed by atoms with Gasteiger partial charge in [0, 0.05) is 6.04 Å². The lowest BCUT2D eigenvalue weighted by atomic mass is 9.95. The van der Waals surface area contributed by atoms with Gasteiger partial charge in [0.2, 0.25) is 0 Å². The van der Waals surface area contributed by atoms with Crippen molar-refractivity contribution in [2.24, 2.45) is 11.7 Å². The molecule has 0 spiro atoms. The first-order valence-corrected chi connectivity index (χ1v) is 6.05. The summed E-state index contributed by atoms with van der Waals surface area (Å²) >= 11 is 5.97. The van der Waals surface area contributed by atoms with E-state index in [2.05, 4.69) is 13.8 Å². The third kappa shape index (κ3) is 3.39. The molecule has 90 valence electrons. The van der Waals surface area contributed by atoms with Crippen molar-refractivity contribution in [2.75, 3.05) is 7.11 Å². The smallest absolute Gasteiger partial charge is 0.137 e. The zero-order valence-corrected chi connectivity index (χ0v) is 10.9. The van der Waals surface area contributed by atoms with Crippen LogP contribution in [0.15, 0.2) is 18.2 Å². The Balaban J connectivity index is 2.79. The molecule has 0 aliphatic heterocycles. The third-order valence-corrected chi connectivity index (χ3v) is 3.27. The van der Waals surface area contributed by atoms with Gasteiger partial charge in [-0.3, -0.25) is 0 Å². The minimum Gasteiger partial charge on any atom is -0.495 e. The topological polar surface area (TPSA) is 35.2 Å². The molecule has 3 heteroatoms. The predicted molar refractivity (Wildman–Crippen MR) is 69.0 cm³/mol. The summed E-state index contributed by atoms with van der Waals surface area (Å²) in [5.74, 6) is 1.33. The monoisotopic (exact) mass is 241 g/mol. The summed E-state index contributed by atoms with van der Waals surface area (Å²) < 4.78 is 5.18. The molecule has 0 aliphatic rings. The van der Waals surface area contributed by atoms with Gasteiger partial charge in [-0.15, -0.1) is 0 Å². The molecule has 0 radical (unpaired) electrons. The van der Waals surface area contributed by atoms with Crippen molar-refractivity contribution in [3.63, 3.8) is 0 Å². The quantitative estimate of drug-likeness (QED) is 0.852. The highest BCUT2D eigenvalue weighted by atomic mass is 35.5. The number of ether oxygens (including phenoxy) is 1. The Morgan fingerprint density at radius 3 is 2.69 bits per heavy atom. The van der Waals surface area contributed by atoms with Gasteiger partial charge in [-0.05, 0) is 30.0 Å². The van der Waals surface area contributed by atoms with Gasteiger partial charge >= 0.3 is 0 Å². The molecule has 0 saturated heterocycles. The number of rotatable bonds is 5. The van der Waals surface area contributed by atoms with Crippen LogP contribution in [0.1, 0.15) is 38.3 Å². The van der Waals surface area contributed by atoms with Gasteiger partial charge in [0.25, 0.3) is 0 Å². The van der Waals surface area contributed by atoms with E-state index in [1.807, 2.05) is 18.2 Å². The van der Waals surface area contributed by atoms with Crippen molar-refractivity contribution in [3.05, 3.63) is 28.8 Å². The van der Waals surface area contributed by atoms with E-state index < -0.39 is 0 Å². The van der Waals surface area contributed by atoms with Crippen LogP contribution in [-0.2, 0) is 0 Å². The van der Waals surface area contributed by atoms with E-state index in [4.69, 9.17) is 22.1 Å². The molecule has 0 amide bonds. The molecule has 0 fully saturated rings. The zero-order valence-electron chi connectivity index (χ0n) is 10.2. The molecule has 0 bridgehead atoms. The molecular formula is C13H20ClNO. The van der Waals surface area contributed by atoms with Gasteiger partial charge in [0.15, 0.2) is 0 Å². The van der Waals surface area contributed by atoms with E-state index in [1.54, 1.807) is 7.11 Å². The molecule has 0 aliphatic carbocycles. The predicted octanol–water partition coefficient (Wildman–Crippen LogP) is 3.78. The van der Waals surface area contributed by atoms with Crippen molar-refractivity contribution in [1.82, 2.24) is 0 Å². The lowest BCUT2D eigenvalue weighted by molar-refractivity contribution is 0.412. The zero-order chi connectivity index (χ0) is 12.1. The molecule has 2 atom stereocenters. The minimum atomic E-state index is 0.0566. The van der Waals surface area contributed by atoms with Crippen LogP contribution in [0.3, 0.4) is 0 Å². The summed E-state index contributed by atoms with van der Waals surface area (Å²) in [5.41, 5.74) is 7.23. The fourth-order valence-electron chi connectivity index (χ4n) is 1.64. The Bertz CT molecular complexity index is 341. The average molecular weight is 242 g/mol. The normalized spacial score (nSPS) is 14.6. The minimum absolute atomic E-state index is 0.0566. The Hall–Kier alpha value is -0.730. The van der Waals surface area contributed by atoms with Gasteiger partial charge in [0.05, 0.1) is 12.1 Å². The van der Waals surface area contributed by atoms with Gasteiger partial charge < -0.3 is 10.5 Å². The van der Waals surface area contributed by atoms with Crippen LogP contribution in [-0.4, -0.2) is 7.11 Å². The standard InChI is InChI=1S/C13H20ClNO/c1-4-9(2)7-12(15)10-5-6-11(14)13(8-10)16-3/h5-6,8-9,12H,4,7,15H2,1-3H3. The second-order valence-electron chi connectivity index (χ2n) is 4.25. The highest BCUT2D eigenvalue weighted by Gasteiger charge is 2.12. The van der Waals surface area contributed by atoms with E-state index in [1.165, 1.54) is 0 Å². The number of hydrogen-bond acceptors (Lipinski definition) is 2. The number of methoxy groups -OCH3 is 1. The maximum absolute atomic E-state index is 6.15. The molecule has 1 aromatic carbocycles. The van der Waals surface area contributed by atoms with Crippen LogP contribution in [0.4, 0.5) is 0 Å². The van der Waals surface area contributed by atoms with E-state index in [0.717, 1.165) is 18.4 Å². The molecule has 1 rings (SSSR count). The van der Waals surface area contributed by atoms with Crippen LogP contribution in [0.25, 0.3) is 0 Å². The summed E-state index contributed by atoms with van der Waals surface area (Å²) in [6, 6.07) is 5.79. The second kappa shape index (κ2) is 6.12. The molecule has 0 saturated carbocycles. The summed E-state index contributed by atoms with van der Waals surface area (Å²) in [7, 11) is 1.62. The van der Waals surface area contributed by atoms with Gasteiger partial charge in [-0.2, -0.15) is 0 Å². The van der Waals surface area contributed by atoms with E-state index in [-0.39, 0.29) is 6.04 Å². The van der Waals surface area contributed by atoms with Crippen molar-refractivity contribution in [2.45, 2.75) is 32.7 Å². The number of benzene rings is 1. The third-order valence-electron chi connectivity index (χ3n) is 2.96. The lowest BCUT2D eigenvalue weighted by Crippen LogP contribution is -2.13. The number of nitrogens with two attached hydrogens (primary N) is 1. The maximum Gasteiger partial charge on any atom is 0.137 e. The Kier molecular flexibility index (Phi) is 5.10. The van der Waals surface area contributed by atoms with E-state index >= 15 is 0 Å². The molecule has 2 nitrogen and oxygen atoms in total. The largest absolute Gasteiger partial charge is 0.495 e. The number of hydrogen-bond donors (Lipinski definition) is 1. The van der Waals surface area contributed by atoms with Crippen molar-refractivity contribution < 1.29 is 4.74 Å². The Morgan fingerprint density at radius 2 is 2.12 bits per heavy atom. The maximum atomic E-state index is 6.15. The summed E-state index contributed by atoms with van der Waals surface area (Å²) in [6.07, 6.45) is 2.14. The van der Waals surface area contributed by atoms with Gasteiger partial charge in [0.1, 0.15) is 5.75 Å². The molecule has 2 N–H and O–H groups in total. The Labute approximate surface area is 103 Å². The van der Waals surface area contributed by atoms with Crippen LogP contribution in [0.2, 0.25) is 5.02 Å². The van der Waals surface area contributed by atoms with Crippen LogP contribution < -0.4 is 10.5 Å². The van der Waals surface area contributed by atoms with Crippen molar-refractivity contribution in [1.29, 1.82) is 0 Å². The van der Waals surface area contributed by atoms with Crippen molar-refractivity contribution >= 4 is 11.6 Å². The summed E-state index contributed by atoms with van der Waals surface area (Å²) in [4.78, 5) is 0. The fraction of sp³-hybridized carbons (Fsp3) is 0.538. The van der Waals surface area contributed by atoms with Crippen LogP contribution in [0, 0.1) is 5.92 Å². The first-order chi connectivity index (χ1) is 7.58. The van der Waals surface area contributed by atoms with Crippen molar-refractivity contribution in [3.8, 4) is 5.75 Å². The molecule has 1 aromatic rings. The second-order valence-corrected chi connectivity index (χ2v) is 4.66. The summed E-state index contributed by atoms with van der Waals surface area (Å²) in [6.45, 7) is 4.40. The van der Waals surface area contributed by atoms with E-state index in [9.17, 15) is 0 Å².